The maximum Gasteiger partial charge on any atom is 0.262 e. The Labute approximate surface area is 191 Å². The molecule has 3 aromatic rings. The maximum atomic E-state index is 12.7. The van der Waals surface area contributed by atoms with Crippen LogP contribution in [0.5, 0.6) is 11.5 Å². The van der Waals surface area contributed by atoms with E-state index < -0.39 is 21.8 Å². The molecule has 3 rings (SSSR count). The fourth-order valence-corrected chi connectivity index (χ4v) is 4.03. The third-order valence-electron chi connectivity index (χ3n) is 4.61. The Morgan fingerprint density at radius 3 is 2.15 bits per heavy atom. The molecule has 9 nitrogen and oxygen atoms in total. The first-order chi connectivity index (χ1) is 15.7. The lowest BCUT2D eigenvalue weighted by atomic mass is 10.2. The van der Waals surface area contributed by atoms with Crippen LogP contribution < -0.4 is 25.2 Å². The van der Waals surface area contributed by atoms with Crippen molar-refractivity contribution in [2.24, 2.45) is 5.73 Å². The highest BCUT2D eigenvalue weighted by Crippen LogP contribution is 2.24. The highest BCUT2D eigenvalue weighted by atomic mass is 32.2. The van der Waals surface area contributed by atoms with E-state index in [1.807, 2.05) is 0 Å². The molecule has 0 aliphatic heterocycles. The molecule has 0 unspecified atom stereocenters. The molecule has 0 heterocycles. The largest absolute Gasteiger partial charge is 0.497 e. The predicted octanol–water partition coefficient (Wildman–Crippen LogP) is 2.92. The minimum Gasteiger partial charge on any atom is -0.497 e. The SMILES string of the molecule is COc1ccc(NS(=O)(=O)c2ccc(OCC(=O)Nc3ccc(C(N)=O)cc3)c(C)c2)cc1. The fourth-order valence-electron chi connectivity index (χ4n) is 2.88. The molecule has 0 fully saturated rings. The lowest BCUT2D eigenvalue weighted by Gasteiger charge is -2.13. The second-order valence-electron chi connectivity index (χ2n) is 7.04. The van der Waals surface area contributed by atoms with E-state index in [0.717, 1.165) is 0 Å². The minimum atomic E-state index is -3.81. The Balaban J connectivity index is 1.61. The van der Waals surface area contributed by atoms with Gasteiger partial charge in [-0.05, 0) is 79.2 Å². The van der Waals surface area contributed by atoms with Gasteiger partial charge in [0.05, 0.1) is 12.0 Å². The molecule has 4 N–H and O–H groups in total. The monoisotopic (exact) mass is 469 g/mol. The minimum absolute atomic E-state index is 0.0576. The number of hydrogen-bond donors (Lipinski definition) is 3. The number of carbonyl (C=O) groups excluding carboxylic acids is 2. The van der Waals surface area contributed by atoms with Crippen molar-refractivity contribution in [3.63, 3.8) is 0 Å². The topological polar surface area (TPSA) is 137 Å². The van der Waals surface area contributed by atoms with E-state index in [9.17, 15) is 18.0 Å². The Bertz CT molecular complexity index is 1260. The molecule has 0 aliphatic rings. The Kier molecular flexibility index (Phi) is 7.19. The number of nitrogens with one attached hydrogen (secondary N) is 2. The standard InChI is InChI=1S/C23H23N3O6S/c1-15-13-20(33(29,30)26-18-7-9-19(31-2)10-8-18)11-12-21(15)32-14-22(27)25-17-5-3-16(4-6-17)23(24)28/h3-13,26H,14H2,1-2H3,(H2,24,28)(H,25,27). The third-order valence-corrected chi connectivity index (χ3v) is 5.99. The molecule has 0 bridgehead atoms. The highest BCUT2D eigenvalue weighted by molar-refractivity contribution is 7.92. The Hall–Kier alpha value is -4.05. The van der Waals surface area contributed by atoms with Crippen LogP contribution in [-0.2, 0) is 14.8 Å². The number of methoxy groups -OCH3 is 1. The number of benzene rings is 3. The molecular formula is C23H23N3O6S. The van der Waals surface area contributed by atoms with Gasteiger partial charge in [-0.1, -0.05) is 0 Å². The van der Waals surface area contributed by atoms with Crippen molar-refractivity contribution in [2.75, 3.05) is 23.8 Å². The van der Waals surface area contributed by atoms with Crippen molar-refractivity contribution < 1.29 is 27.5 Å². The molecule has 3 aromatic carbocycles. The molecule has 0 radical (unpaired) electrons. The van der Waals surface area contributed by atoms with E-state index in [2.05, 4.69) is 10.0 Å². The predicted molar refractivity (Wildman–Crippen MR) is 124 cm³/mol. The summed E-state index contributed by atoms with van der Waals surface area (Å²) in [4.78, 5) is 23.3. The molecule has 172 valence electrons. The smallest absolute Gasteiger partial charge is 0.262 e. The van der Waals surface area contributed by atoms with Crippen molar-refractivity contribution in [1.82, 2.24) is 0 Å². The average Bonchev–Trinajstić information content (AvgIpc) is 2.79. The highest BCUT2D eigenvalue weighted by Gasteiger charge is 2.16. The van der Waals surface area contributed by atoms with Gasteiger partial charge >= 0.3 is 0 Å². The van der Waals surface area contributed by atoms with Crippen LogP contribution in [0.4, 0.5) is 11.4 Å². The second kappa shape index (κ2) is 10.0. The second-order valence-corrected chi connectivity index (χ2v) is 8.72. The molecule has 0 saturated carbocycles. The summed E-state index contributed by atoms with van der Waals surface area (Å²) >= 11 is 0. The fraction of sp³-hybridized carbons (Fsp3) is 0.130. The molecule has 2 amide bonds. The number of hydrogen-bond acceptors (Lipinski definition) is 6. The van der Waals surface area contributed by atoms with E-state index in [1.54, 1.807) is 43.3 Å². The number of amides is 2. The third kappa shape index (κ3) is 6.23. The quantitative estimate of drug-likeness (QED) is 0.441. The zero-order chi connectivity index (χ0) is 24.0. The zero-order valence-electron chi connectivity index (χ0n) is 18.0. The summed E-state index contributed by atoms with van der Waals surface area (Å²) in [5, 5.41) is 2.64. The van der Waals surface area contributed by atoms with Crippen LogP contribution in [0.1, 0.15) is 15.9 Å². The van der Waals surface area contributed by atoms with Crippen LogP contribution >= 0.6 is 0 Å². The first-order valence-corrected chi connectivity index (χ1v) is 11.3. The maximum absolute atomic E-state index is 12.7. The van der Waals surface area contributed by atoms with Crippen LogP contribution in [0.2, 0.25) is 0 Å². The lowest BCUT2D eigenvalue weighted by molar-refractivity contribution is -0.118. The number of carbonyl (C=O) groups is 2. The van der Waals surface area contributed by atoms with Crippen LogP contribution in [0, 0.1) is 6.92 Å². The molecule has 0 aromatic heterocycles. The molecular weight excluding hydrogens is 446 g/mol. The lowest BCUT2D eigenvalue weighted by Crippen LogP contribution is -2.20. The van der Waals surface area contributed by atoms with Crippen molar-refractivity contribution >= 4 is 33.2 Å². The van der Waals surface area contributed by atoms with Crippen LogP contribution in [-0.4, -0.2) is 33.9 Å². The summed E-state index contributed by atoms with van der Waals surface area (Å²) in [6.07, 6.45) is 0. The Morgan fingerprint density at radius 1 is 0.939 bits per heavy atom. The molecule has 10 heteroatoms. The summed E-state index contributed by atoms with van der Waals surface area (Å²) in [6, 6.07) is 17.0. The van der Waals surface area contributed by atoms with Crippen molar-refractivity contribution in [3.05, 3.63) is 77.9 Å². The van der Waals surface area contributed by atoms with E-state index in [0.29, 0.717) is 34.0 Å². The first kappa shape index (κ1) is 23.6. The normalized spacial score (nSPS) is 10.8. The summed E-state index contributed by atoms with van der Waals surface area (Å²) < 4.78 is 38.5. The number of nitrogens with two attached hydrogens (primary N) is 1. The van der Waals surface area contributed by atoms with Gasteiger partial charge in [0, 0.05) is 16.9 Å². The summed E-state index contributed by atoms with van der Waals surface area (Å²) in [5.41, 5.74) is 6.94. The summed E-state index contributed by atoms with van der Waals surface area (Å²) in [5.74, 6) is 0.00933. The Morgan fingerprint density at radius 2 is 1.58 bits per heavy atom. The van der Waals surface area contributed by atoms with E-state index in [-0.39, 0.29) is 11.5 Å². The zero-order valence-corrected chi connectivity index (χ0v) is 18.8. The number of ether oxygens (including phenoxy) is 2. The van der Waals surface area contributed by atoms with Crippen LogP contribution in [0.15, 0.2) is 71.6 Å². The molecule has 33 heavy (non-hydrogen) atoms. The first-order valence-electron chi connectivity index (χ1n) is 9.78. The van der Waals surface area contributed by atoms with Gasteiger partial charge in [-0.3, -0.25) is 14.3 Å². The van der Waals surface area contributed by atoms with Gasteiger partial charge in [-0.25, -0.2) is 8.42 Å². The molecule has 0 spiro atoms. The number of sulfonamides is 1. The van der Waals surface area contributed by atoms with Crippen LogP contribution in [0.3, 0.4) is 0 Å². The van der Waals surface area contributed by atoms with Crippen molar-refractivity contribution in [3.8, 4) is 11.5 Å². The van der Waals surface area contributed by atoms with Gasteiger partial charge in [0.15, 0.2) is 6.61 Å². The number of aryl methyl sites for hydroxylation is 1. The van der Waals surface area contributed by atoms with Gasteiger partial charge in [0.1, 0.15) is 11.5 Å². The van der Waals surface area contributed by atoms with Gasteiger partial charge in [-0.2, -0.15) is 0 Å². The number of rotatable bonds is 9. The molecule has 0 aliphatic carbocycles. The van der Waals surface area contributed by atoms with E-state index in [1.165, 1.54) is 37.4 Å². The molecule has 0 saturated heterocycles. The summed E-state index contributed by atoms with van der Waals surface area (Å²) in [7, 11) is -2.29. The van der Waals surface area contributed by atoms with E-state index >= 15 is 0 Å². The van der Waals surface area contributed by atoms with Crippen molar-refractivity contribution in [1.29, 1.82) is 0 Å². The van der Waals surface area contributed by atoms with Crippen molar-refractivity contribution in [2.45, 2.75) is 11.8 Å². The number of anilines is 2. The average molecular weight is 470 g/mol. The van der Waals surface area contributed by atoms with Crippen LogP contribution in [0.25, 0.3) is 0 Å². The van der Waals surface area contributed by atoms with E-state index in [4.69, 9.17) is 15.2 Å². The van der Waals surface area contributed by atoms with Gasteiger partial charge in [0.2, 0.25) is 5.91 Å². The van der Waals surface area contributed by atoms with Gasteiger partial charge in [-0.15, -0.1) is 0 Å². The molecule has 0 atom stereocenters. The van der Waals surface area contributed by atoms with Gasteiger partial charge in [0.25, 0.3) is 15.9 Å². The van der Waals surface area contributed by atoms with Gasteiger partial charge < -0.3 is 20.5 Å². The summed E-state index contributed by atoms with van der Waals surface area (Å²) in [6.45, 7) is 1.40. The number of primary amides is 1.